The quantitative estimate of drug-likeness (QED) is 0.501. The summed E-state index contributed by atoms with van der Waals surface area (Å²) in [5.41, 5.74) is 0.594. The maximum atomic E-state index is 12.1. The molecular weight excluding hydrogens is 318 g/mol. The Morgan fingerprint density at radius 3 is 2.39 bits per heavy atom. The van der Waals surface area contributed by atoms with Crippen LogP contribution in [0.4, 0.5) is 10.5 Å². The highest BCUT2D eigenvalue weighted by Gasteiger charge is 2.46. The average molecular weight is 335 g/mol. The number of hydrogen-bond donors (Lipinski definition) is 1. The molecule has 122 valence electrons. The van der Waals surface area contributed by atoms with Crippen molar-refractivity contribution >= 4 is 41.2 Å². The van der Waals surface area contributed by atoms with E-state index in [9.17, 15) is 19.2 Å². The molecule has 0 aliphatic carbocycles. The third-order valence-electron chi connectivity index (χ3n) is 3.28. The molecule has 1 saturated heterocycles. The van der Waals surface area contributed by atoms with Crippen LogP contribution in [0.25, 0.3) is 0 Å². The summed E-state index contributed by atoms with van der Waals surface area (Å²) in [4.78, 5) is 50.3. The molecule has 0 aromatic heterocycles. The zero-order valence-electron chi connectivity index (χ0n) is 13.0. The molecule has 1 N–H and O–H groups in total. The van der Waals surface area contributed by atoms with Crippen molar-refractivity contribution in [3.63, 3.8) is 0 Å². The number of thioether (sulfide) groups is 1. The Labute approximate surface area is 138 Å². The first-order valence-corrected chi connectivity index (χ1v) is 8.21. The van der Waals surface area contributed by atoms with Gasteiger partial charge in [0.05, 0.1) is 5.69 Å². The van der Waals surface area contributed by atoms with E-state index in [1.165, 1.54) is 11.8 Å². The topological polar surface area (TPSA) is 86.8 Å². The van der Waals surface area contributed by atoms with Gasteiger partial charge >= 0.3 is 17.8 Å². The number of benzene rings is 1. The van der Waals surface area contributed by atoms with Crippen LogP contribution in [0.5, 0.6) is 0 Å². The summed E-state index contributed by atoms with van der Waals surface area (Å²) in [5, 5.41) is 2.65. The molecule has 23 heavy (non-hydrogen) atoms. The number of nitrogens with one attached hydrogen (secondary N) is 1. The summed E-state index contributed by atoms with van der Waals surface area (Å²) >= 11 is 1.46. The van der Waals surface area contributed by atoms with E-state index in [1.54, 1.807) is 26.0 Å². The SMILES string of the molecule is CSc1ccccc1NC(=O)CN1C(=O)C(=O)N(C(C)C)C1=O. The lowest BCUT2D eigenvalue weighted by molar-refractivity contribution is -0.144. The van der Waals surface area contributed by atoms with Crippen LogP contribution >= 0.6 is 11.8 Å². The molecule has 8 heteroatoms. The number of amides is 5. The molecule has 1 aromatic carbocycles. The number of carbonyl (C=O) groups is 4. The maximum absolute atomic E-state index is 12.1. The van der Waals surface area contributed by atoms with Crippen molar-refractivity contribution in [3.05, 3.63) is 24.3 Å². The Bertz CT molecular complexity index is 674. The Hall–Kier alpha value is -2.35. The molecule has 0 bridgehead atoms. The first kappa shape index (κ1) is 17.0. The molecule has 7 nitrogen and oxygen atoms in total. The number of imide groups is 2. The summed E-state index contributed by atoms with van der Waals surface area (Å²) in [5.74, 6) is -2.41. The molecule has 0 unspecified atom stereocenters. The summed E-state index contributed by atoms with van der Waals surface area (Å²) in [6, 6.07) is 5.98. The van der Waals surface area contributed by atoms with Crippen molar-refractivity contribution in [2.45, 2.75) is 24.8 Å². The van der Waals surface area contributed by atoms with E-state index < -0.39 is 36.3 Å². The van der Waals surface area contributed by atoms with Crippen molar-refractivity contribution in [1.82, 2.24) is 9.80 Å². The first-order chi connectivity index (χ1) is 10.9. The molecule has 2 rings (SSSR count). The summed E-state index contributed by atoms with van der Waals surface area (Å²) in [6.07, 6.45) is 1.87. The lowest BCUT2D eigenvalue weighted by Crippen LogP contribution is -2.40. The average Bonchev–Trinajstić information content (AvgIpc) is 2.71. The number of carbonyl (C=O) groups excluding carboxylic acids is 4. The third kappa shape index (κ3) is 3.37. The third-order valence-corrected chi connectivity index (χ3v) is 4.08. The Morgan fingerprint density at radius 2 is 1.83 bits per heavy atom. The van der Waals surface area contributed by atoms with Gasteiger partial charge in [0.2, 0.25) is 5.91 Å². The van der Waals surface area contributed by atoms with Crippen LogP contribution < -0.4 is 5.32 Å². The molecule has 1 aliphatic rings. The Morgan fingerprint density at radius 1 is 1.17 bits per heavy atom. The molecule has 0 saturated carbocycles. The van der Waals surface area contributed by atoms with Crippen LogP contribution in [0.2, 0.25) is 0 Å². The molecule has 1 heterocycles. The van der Waals surface area contributed by atoms with Crippen molar-refractivity contribution < 1.29 is 19.2 Å². The minimum atomic E-state index is -0.975. The van der Waals surface area contributed by atoms with Gasteiger partial charge in [-0.25, -0.2) is 9.69 Å². The van der Waals surface area contributed by atoms with Gasteiger partial charge in [0.15, 0.2) is 0 Å². The van der Waals surface area contributed by atoms with Gasteiger partial charge in [-0.3, -0.25) is 19.3 Å². The van der Waals surface area contributed by atoms with Gasteiger partial charge in [0.1, 0.15) is 6.54 Å². The van der Waals surface area contributed by atoms with E-state index in [1.807, 2.05) is 18.4 Å². The second kappa shape index (κ2) is 6.82. The lowest BCUT2D eigenvalue weighted by Gasteiger charge is -2.18. The van der Waals surface area contributed by atoms with Crippen LogP contribution in [-0.2, 0) is 14.4 Å². The summed E-state index contributed by atoms with van der Waals surface area (Å²) in [7, 11) is 0. The fraction of sp³-hybridized carbons (Fsp3) is 0.333. The predicted octanol–water partition coefficient (Wildman–Crippen LogP) is 1.55. The second-order valence-corrected chi connectivity index (χ2v) is 6.04. The summed E-state index contributed by atoms with van der Waals surface area (Å²) in [6.45, 7) is 2.76. The Balaban J connectivity index is 2.10. The lowest BCUT2D eigenvalue weighted by atomic mass is 10.3. The van der Waals surface area contributed by atoms with Crippen LogP contribution in [0, 0.1) is 0 Å². The number of anilines is 1. The van der Waals surface area contributed by atoms with Crippen molar-refractivity contribution in [1.29, 1.82) is 0 Å². The van der Waals surface area contributed by atoms with Crippen LogP contribution in [0.3, 0.4) is 0 Å². The molecule has 0 atom stereocenters. The van der Waals surface area contributed by atoms with Crippen LogP contribution in [-0.4, -0.2) is 52.4 Å². The van der Waals surface area contributed by atoms with E-state index in [4.69, 9.17) is 0 Å². The second-order valence-electron chi connectivity index (χ2n) is 5.19. The molecular formula is C15H17N3O4S. The highest BCUT2D eigenvalue weighted by atomic mass is 32.2. The highest BCUT2D eigenvalue weighted by Crippen LogP contribution is 2.24. The number of hydrogen-bond acceptors (Lipinski definition) is 5. The maximum Gasteiger partial charge on any atom is 0.334 e. The van der Waals surface area contributed by atoms with E-state index in [2.05, 4.69) is 5.32 Å². The van der Waals surface area contributed by atoms with E-state index >= 15 is 0 Å². The molecule has 0 spiro atoms. The summed E-state index contributed by atoms with van der Waals surface area (Å²) < 4.78 is 0. The fourth-order valence-electron chi connectivity index (χ4n) is 2.20. The normalized spacial score (nSPS) is 14.9. The molecule has 1 fully saturated rings. The standard InChI is InChI=1S/C15H17N3O4S/c1-9(2)18-14(21)13(20)17(15(18)22)8-12(19)16-10-6-4-5-7-11(10)23-3/h4-7,9H,8H2,1-3H3,(H,16,19). The van der Waals surface area contributed by atoms with Crippen molar-refractivity contribution in [3.8, 4) is 0 Å². The Kier molecular flexibility index (Phi) is 5.05. The number of rotatable bonds is 5. The molecule has 0 radical (unpaired) electrons. The van der Waals surface area contributed by atoms with Crippen molar-refractivity contribution in [2.24, 2.45) is 0 Å². The largest absolute Gasteiger partial charge is 0.334 e. The molecule has 5 amide bonds. The zero-order valence-corrected chi connectivity index (χ0v) is 13.8. The number of nitrogens with zero attached hydrogens (tertiary/aromatic N) is 2. The van der Waals surface area contributed by atoms with Gasteiger partial charge in [-0.2, -0.15) is 0 Å². The van der Waals surface area contributed by atoms with Gasteiger partial charge in [-0.15, -0.1) is 11.8 Å². The monoisotopic (exact) mass is 335 g/mol. The minimum absolute atomic E-state index is 0.441. The predicted molar refractivity (Wildman–Crippen MR) is 85.9 cm³/mol. The van der Waals surface area contributed by atoms with Gasteiger partial charge in [0, 0.05) is 10.9 Å². The van der Waals surface area contributed by atoms with Gasteiger partial charge < -0.3 is 5.32 Å². The smallest absolute Gasteiger partial charge is 0.324 e. The molecule has 1 aliphatic heterocycles. The number of urea groups is 1. The van der Waals surface area contributed by atoms with Gasteiger partial charge in [-0.05, 0) is 32.2 Å². The van der Waals surface area contributed by atoms with Crippen LogP contribution in [0.1, 0.15) is 13.8 Å². The highest BCUT2D eigenvalue weighted by molar-refractivity contribution is 7.98. The molecule has 1 aromatic rings. The number of para-hydroxylation sites is 1. The van der Waals surface area contributed by atoms with Crippen LogP contribution in [0.15, 0.2) is 29.2 Å². The zero-order chi connectivity index (χ0) is 17.1. The van der Waals surface area contributed by atoms with Crippen molar-refractivity contribution in [2.75, 3.05) is 18.1 Å². The first-order valence-electron chi connectivity index (χ1n) is 6.98. The van der Waals surface area contributed by atoms with E-state index in [0.717, 1.165) is 9.80 Å². The van der Waals surface area contributed by atoms with Gasteiger partial charge in [-0.1, -0.05) is 12.1 Å². The van der Waals surface area contributed by atoms with Gasteiger partial charge in [0.25, 0.3) is 0 Å². The van der Waals surface area contributed by atoms with E-state index in [-0.39, 0.29) is 0 Å². The van der Waals surface area contributed by atoms with E-state index in [0.29, 0.717) is 10.6 Å². The minimum Gasteiger partial charge on any atom is -0.324 e. The fourth-order valence-corrected chi connectivity index (χ4v) is 2.75.